The first-order valence-electron chi connectivity index (χ1n) is 12.3. The van der Waals surface area contributed by atoms with Gasteiger partial charge < -0.3 is 4.74 Å². The van der Waals surface area contributed by atoms with E-state index in [0.717, 1.165) is 16.7 Å². The van der Waals surface area contributed by atoms with E-state index in [1.165, 1.54) is 16.3 Å². The zero-order valence-electron chi connectivity index (χ0n) is 21.5. The molecule has 8 heteroatoms. The first-order chi connectivity index (χ1) is 19.0. The monoisotopic (exact) mass is 534 g/mol. The van der Waals surface area contributed by atoms with Gasteiger partial charge in [-0.25, -0.2) is 10.4 Å². The number of nitrogens with one attached hydrogen (secondary N) is 1. The number of methoxy groups -OCH3 is 1. The van der Waals surface area contributed by atoms with Gasteiger partial charge in [-0.3, -0.25) is 14.2 Å². The average Bonchev–Trinajstić information content (AvgIpc) is 2.99. The van der Waals surface area contributed by atoms with E-state index in [1.807, 2.05) is 55.5 Å². The molecule has 0 fully saturated rings. The lowest BCUT2D eigenvalue weighted by atomic mass is 10.0. The number of hydrogen-bond donors (Lipinski definition) is 1. The van der Waals surface area contributed by atoms with Crippen LogP contribution in [0, 0.1) is 0 Å². The van der Waals surface area contributed by atoms with E-state index in [2.05, 4.69) is 27.6 Å². The third-order valence-corrected chi connectivity index (χ3v) is 7.10. The highest BCUT2D eigenvalue weighted by Gasteiger charge is 2.15. The summed E-state index contributed by atoms with van der Waals surface area (Å²) in [6.07, 6.45) is 0. The van der Waals surface area contributed by atoms with Gasteiger partial charge in [0, 0.05) is 0 Å². The van der Waals surface area contributed by atoms with Gasteiger partial charge in [-0.15, -0.1) is 0 Å². The van der Waals surface area contributed by atoms with E-state index in [9.17, 15) is 9.59 Å². The standard InChI is InChI=1S/C31H26N4O3S/c1-21(22-12-14-24(15-13-22)23-8-4-3-5-9-23)33-34-29(36)20-39-31-32-28-11-7-6-10-27(28)30(37)35(31)25-16-18-26(38-2)19-17-25/h3-19H,20H2,1-2H3,(H,34,36). The van der Waals surface area contributed by atoms with Crippen molar-refractivity contribution in [3.63, 3.8) is 0 Å². The van der Waals surface area contributed by atoms with Crippen LogP contribution in [0.25, 0.3) is 27.7 Å². The van der Waals surface area contributed by atoms with Crippen molar-refractivity contribution in [1.82, 2.24) is 15.0 Å². The van der Waals surface area contributed by atoms with Gasteiger partial charge in [-0.1, -0.05) is 78.5 Å². The first-order valence-corrected chi connectivity index (χ1v) is 13.3. The Balaban J connectivity index is 1.32. The molecule has 0 bridgehead atoms. The van der Waals surface area contributed by atoms with E-state index in [-0.39, 0.29) is 17.2 Å². The molecular formula is C31H26N4O3S. The lowest BCUT2D eigenvalue weighted by Gasteiger charge is -2.13. The van der Waals surface area contributed by atoms with Crippen LogP contribution in [0.4, 0.5) is 0 Å². The average molecular weight is 535 g/mol. The van der Waals surface area contributed by atoms with Crippen LogP contribution in [0.2, 0.25) is 0 Å². The molecule has 1 heterocycles. The van der Waals surface area contributed by atoms with Gasteiger partial charge in [-0.05, 0) is 60.0 Å². The van der Waals surface area contributed by atoms with Crippen molar-refractivity contribution in [2.45, 2.75) is 12.1 Å². The third-order valence-electron chi connectivity index (χ3n) is 6.17. The van der Waals surface area contributed by atoms with Gasteiger partial charge in [0.05, 0.1) is 35.2 Å². The number of ether oxygens (including phenoxy) is 1. The predicted octanol–water partition coefficient (Wildman–Crippen LogP) is 5.69. The molecule has 5 rings (SSSR count). The minimum Gasteiger partial charge on any atom is -0.497 e. The largest absolute Gasteiger partial charge is 0.497 e. The van der Waals surface area contributed by atoms with Crippen molar-refractivity contribution in [3.05, 3.63) is 119 Å². The Morgan fingerprint density at radius 1 is 0.897 bits per heavy atom. The number of amides is 1. The molecule has 0 radical (unpaired) electrons. The van der Waals surface area contributed by atoms with Crippen LogP contribution in [0.1, 0.15) is 12.5 Å². The molecule has 1 N–H and O–H groups in total. The van der Waals surface area contributed by atoms with Crippen molar-refractivity contribution in [2.24, 2.45) is 5.10 Å². The minimum absolute atomic E-state index is 0.0324. The summed E-state index contributed by atoms with van der Waals surface area (Å²) in [6.45, 7) is 1.84. The summed E-state index contributed by atoms with van der Waals surface area (Å²) in [4.78, 5) is 30.8. The van der Waals surface area contributed by atoms with Gasteiger partial charge in [0.15, 0.2) is 5.16 Å². The molecule has 39 heavy (non-hydrogen) atoms. The fourth-order valence-electron chi connectivity index (χ4n) is 4.08. The van der Waals surface area contributed by atoms with Crippen LogP contribution >= 0.6 is 11.8 Å². The molecule has 4 aromatic carbocycles. The van der Waals surface area contributed by atoms with Crippen LogP contribution in [-0.4, -0.2) is 34.0 Å². The number of aromatic nitrogens is 2. The summed E-state index contributed by atoms with van der Waals surface area (Å²) < 4.78 is 6.76. The van der Waals surface area contributed by atoms with Gasteiger partial charge in [0.2, 0.25) is 0 Å². The maximum atomic E-state index is 13.4. The van der Waals surface area contributed by atoms with Gasteiger partial charge in [0.25, 0.3) is 11.5 Å². The highest BCUT2D eigenvalue weighted by atomic mass is 32.2. The number of rotatable bonds is 8. The summed E-state index contributed by atoms with van der Waals surface area (Å²) in [5, 5.41) is 5.19. The zero-order valence-corrected chi connectivity index (χ0v) is 22.3. The molecule has 7 nitrogen and oxygen atoms in total. The Hall–Kier alpha value is -4.69. The second-order valence-corrected chi connectivity index (χ2v) is 9.66. The SMILES string of the molecule is COc1ccc(-n2c(SCC(=O)NN=C(C)c3ccc(-c4ccccc4)cc3)nc3ccccc3c2=O)cc1. The topological polar surface area (TPSA) is 85.6 Å². The second kappa shape index (κ2) is 11.8. The molecule has 0 unspecified atom stereocenters. The Labute approximate surface area is 230 Å². The van der Waals surface area contributed by atoms with Gasteiger partial charge in [0.1, 0.15) is 5.75 Å². The Morgan fingerprint density at radius 3 is 2.28 bits per heavy atom. The third kappa shape index (κ3) is 5.91. The molecule has 0 aliphatic heterocycles. The van der Waals surface area contributed by atoms with Crippen LogP contribution in [0.15, 0.2) is 118 Å². The summed E-state index contributed by atoms with van der Waals surface area (Å²) in [5.41, 5.74) is 7.46. The number of hydrogen-bond acceptors (Lipinski definition) is 6. The smallest absolute Gasteiger partial charge is 0.266 e. The maximum absolute atomic E-state index is 13.4. The second-order valence-electron chi connectivity index (χ2n) is 8.71. The fraction of sp³-hybridized carbons (Fsp3) is 0.0968. The molecule has 1 aromatic heterocycles. The van der Waals surface area contributed by atoms with Gasteiger partial charge >= 0.3 is 0 Å². The first kappa shape index (κ1) is 25.9. The molecule has 5 aromatic rings. The quantitative estimate of drug-likeness (QED) is 0.120. The molecule has 0 atom stereocenters. The molecular weight excluding hydrogens is 508 g/mol. The number of hydrazone groups is 1. The Morgan fingerprint density at radius 2 is 1.56 bits per heavy atom. The van der Waals surface area contributed by atoms with E-state index < -0.39 is 0 Å². The number of carbonyl (C=O) groups is 1. The number of carbonyl (C=O) groups excluding carboxylic acids is 1. The maximum Gasteiger partial charge on any atom is 0.266 e. The highest BCUT2D eigenvalue weighted by molar-refractivity contribution is 7.99. The molecule has 0 saturated carbocycles. The fourth-order valence-corrected chi connectivity index (χ4v) is 4.88. The summed E-state index contributed by atoms with van der Waals surface area (Å²) in [6, 6.07) is 32.5. The molecule has 0 saturated heterocycles. The predicted molar refractivity (Wildman–Crippen MR) is 157 cm³/mol. The van der Waals surface area contributed by atoms with Crippen LogP contribution in [0.5, 0.6) is 5.75 Å². The minimum atomic E-state index is -0.302. The van der Waals surface area contributed by atoms with Crippen LogP contribution < -0.4 is 15.7 Å². The van der Waals surface area contributed by atoms with Crippen molar-refractivity contribution in [1.29, 1.82) is 0 Å². The van der Waals surface area contributed by atoms with Gasteiger partial charge in [-0.2, -0.15) is 5.10 Å². The summed E-state index contributed by atoms with van der Waals surface area (Å²) in [5.74, 6) is 0.408. The van der Waals surface area contributed by atoms with Crippen molar-refractivity contribution < 1.29 is 9.53 Å². The van der Waals surface area contributed by atoms with Crippen LogP contribution in [0.3, 0.4) is 0 Å². The Bertz CT molecular complexity index is 1700. The molecule has 0 aliphatic rings. The van der Waals surface area contributed by atoms with E-state index in [4.69, 9.17) is 4.74 Å². The zero-order chi connectivity index (χ0) is 27.2. The Kier molecular flexibility index (Phi) is 7.84. The number of fused-ring (bicyclic) bond motifs is 1. The lowest BCUT2D eigenvalue weighted by Crippen LogP contribution is -2.24. The number of thioether (sulfide) groups is 1. The van der Waals surface area contributed by atoms with E-state index in [1.54, 1.807) is 49.6 Å². The number of para-hydroxylation sites is 1. The van der Waals surface area contributed by atoms with Crippen LogP contribution in [-0.2, 0) is 4.79 Å². The number of benzene rings is 4. The van der Waals surface area contributed by atoms with Crippen molar-refractivity contribution in [2.75, 3.05) is 12.9 Å². The summed E-state index contributed by atoms with van der Waals surface area (Å²) in [7, 11) is 1.59. The highest BCUT2D eigenvalue weighted by Crippen LogP contribution is 2.23. The molecule has 1 amide bonds. The van der Waals surface area contributed by atoms with E-state index >= 15 is 0 Å². The number of nitrogens with zero attached hydrogens (tertiary/aromatic N) is 3. The van der Waals surface area contributed by atoms with E-state index in [0.29, 0.717) is 33.2 Å². The summed E-state index contributed by atoms with van der Waals surface area (Å²) >= 11 is 1.18. The normalized spacial score (nSPS) is 11.4. The molecule has 194 valence electrons. The van der Waals surface area contributed by atoms with Crippen molar-refractivity contribution >= 4 is 34.3 Å². The lowest BCUT2D eigenvalue weighted by molar-refractivity contribution is -0.118. The van der Waals surface area contributed by atoms with Crippen molar-refractivity contribution in [3.8, 4) is 22.6 Å². The molecule has 0 spiro atoms. The molecule has 0 aliphatic carbocycles.